The van der Waals surface area contributed by atoms with Crippen molar-refractivity contribution < 1.29 is 18.8 Å². The molecule has 1 unspecified atom stereocenters. The maximum Gasteiger partial charge on any atom is 0.241 e. The standard InChI is InChI=1S/C28H35FN4O3/c1-32(18-24-20-12-6-3-7-15-23(20)30-31-24)25(34)16-28(21-13-8-9-14-22(21)29)17-26(35)33(27(28)36)19-10-4-2-5-11-19/h8-9,13-14,19H,2-7,10-12,15-18H2,1H3,(H,30,31). The normalized spacial score (nSPS) is 23.0. The fraction of sp³-hybridized carbons (Fsp3) is 0.571. The van der Waals surface area contributed by atoms with E-state index in [1.54, 1.807) is 30.1 Å². The third-order valence-corrected chi connectivity index (χ3v) is 8.34. The van der Waals surface area contributed by atoms with Gasteiger partial charge in [-0.3, -0.25) is 24.4 Å². The number of likely N-dealkylation sites (tertiary alicyclic amines) is 1. The minimum atomic E-state index is -1.52. The fourth-order valence-electron chi connectivity index (χ4n) is 6.33. The number of hydrogen-bond donors (Lipinski definition) is 1. The summed E-state index contributed by atoms with van der Waals surface area (Å²) in [5.41, 5.74) is 1.79. The number of carbonyl (C=O) groups excluding carboxylic acids is 3. The monoisotopic (exact) mass is 494 g/mol. The number of carbonyl (C=O) groups is 3. The summed E-state index contributed by atoms with van der Waals surface area (Å²) in [5.74, 6) is -1.59. The van der Waals surface area contributed by atoms with E-state index < -0.39 is 17.1 Å². The molecule has 1 aromatic carbocycles. The van der Waals surface area contributed by atoms with Crippen molar-refractivity contribution in [3.8, 4) is 0 Å². The second kappa shape index (κ2) is 10.1. The molecule has 1 atom stereocenters. The highest BCUT2D eigenvalue weighted by Crippen LogP contribution is 2.43. The van der Waals surface area contributed by atoms with Crippen LogP contribution in [0, 0.1) is 5.82 Å². The molecule has 2 aliphatic carbocycles. The van der Waals surface area contributed by atoms with E-state index in [0.717, 1.165) is 69.2 Å². The van der Waals surface area contributed by atoms with Crippen molar-refractivity contribution in [2.75, 3.05) is 7.05 Å². The molecule has 2 heterocycles. The van der Waals surface area contributed by atoms with Crippen LogP contribution in [0.3, 0.4) is 0 Å². The Balaban J connectivity index is 1.42. The van der Waals surface area contributed by atoms with Gasteiger partial charge in [-0.15, -0.1) is 0 Å². The first kappa shape index (κ1) is 24.7. The van der Waals surface area contributed by atoms with Crippen molar-refractivity contribution in [1.29, 1.82) is 0 Å². The number of nitrogens with zero attached hydrogens (tertiary/aromatic N) is 3. The highest BCUT2D eigenvalue weighted by atomic mass is 19.1. The minimum Gasteiger partial charge on any atom is -0.340 e. The summed E-state index contributed by atoms with van der Waals surface area (Å²) in [4.78, 5) is 43.7. The van der Waals surface area contributed by atoms with Gasteiger partial charge in [-0.25, -0.2) is 4.39 Å². The quantitative estimate of drug-likeness (QED) is 0.482. The number of aryl methyl sites for hydroxylation is 1. The van der Waals surface area contributed by atoms with Crippen LogP contribution in [0.15, 0.2) is 24.3 Å². The number of fused-ring (bicyclic) bond motifs is 1. The Kier molecular flexibility index (Phi) is 6.95. The van der Waals surface area contributed by atoms with E-state index in [1.807, 2.05) is 0 Å². The van der Waals surface area contributed by atoms with Gasteiger partial charge in [0.2, 0.25) is 17.7 Å². The van der Waals surface area contributed by atoms with Crippen LogP contribution >= 0.6 is 0 Å². The van der Waals surface area contributed by atoms with E-state index in [4.69, 9.17) is 0 Å². The molecule has 1 aliphatic heterocycles. The molecule has 2 aromatic rings. The number of rotatable bonds is 6. The van der Waals surface area contributed by atoms with Crippen molar-refractivity contribution in [2.24, 2.45) is 0 Å². The molecule has 192 valence electrons. The van der Waals surface area contributed by atoms with Gasteiger partial charge >= 0.3 is 0 Å². The topological polar surface area (TPSA) is 86.4 Å². The van der Waals surface area contributed by atoms with Crippen LogP contribution in [0.25, 0.3) is 0 Å². The summed E-state index contributed by atoms with van der Waals surface area (Å²) in [7, 11) is 1.69. The summed E-state index contributed by atoms with van der Waals surface area (Å²) in [5, 5.41) is 7.61. The lowest BCUT2D eigenvalue weighted by molar-refractivity contribution is -0.145. The Labute approximate surface area is 211 Å². The van der Waals surface area contributed by atoms with Crippen LogP contribution in [-0.2, 0) is 39.2 Å². The summed E-state index contributed by atoms with van der Waals surface area (Å²) in [6.07, 6.45) is 9.42. The number of hydrogen-bond acceptors (Lipinski definition) is 4. The highest BCUT2D eigenvalue weighted by molar-refractivity contribution is 6.11. The molecule has 0 bridgehead atoms. The van der Waals surface area contributed by atoms with Crippen molar-refractivity contribution in [3.05, 3.63) is 52.6 Å². The van der Waals surface area contributed by atoms with Gasteiger partial charge in [0.15, 0.2) is 0 Å². The molecule has 3 aliphatic rings. The van der Waals surface area contributed by atoms with Gasteiger partial charge in [-0.2, -0.15) is 5.10 Å². The Hall–Kier alpha value is -3.03. The predicted molar refractivity (Wildman–Crippen MR) is 132 cm³/mol. The Morgan fingerprint density at radius 3 is 2.61 bits per heavy atom. The predicted octanol–water partition coefficient (Wildman–Crippen LogP) is 4.20. The third-order valence-electron chi connectivity index (χ3n) is 8.34. The lowest BCUT2D eigenvalue weighted by Crippen LogP contribution is -2.47. The molecule has 3 amide bonds. The minimum absolute atomic E-state index is 0.136. The number of amides is 3. The molecule has 1 saturated heterocycles. The Morgan fingerprint density at radius 1 is 1.11 bits per heavy atom. The van der Waals surface area contributed by atoms with Crippen molar-refractivity contribution >= 4 is 17.7 Å². The number of nitrogens with one attached hydrogen (secondary N) is 1. The smallest absolute Gasteiger partial charge is 0.241 e. The van der Waals surface area contributed by atoms with E-state index in [9.17, 15) is 14.4 Å². The largest absolute Gasteiger partial charge is 0.340 e. The van der Waals surface area contributed by atoms with E-state index in [1.165, 1.54) is 23.0 Å². The molecule has 36 heavy (non-hydrogen) atoms. The number of aromatic amines is 1. The van der Waals surface area contributed by atoms with Crippen molar-refractivity contribution in [3.63, 3.8) is 0 Å². The second-order valence-corrected chi connectivity index (χ2v) is 10.7. The van der Waals surface area contributed by atoms with Gasteiger partial charge in [0.1, 0.15) is 5.82 Å². The van der Waals surface area contributed by atoms with E-state index in [0.29, 0.717) is 6.54 Å². The highest BCUT2D eigenvalue weighted by Gasteiger charge is 2.56. The van der Waals surface area contributed by atoms with Crippen LogP contribution < -0.4 is 0 Å². The van der Waals surface area contributed by atoms with Gasteiger partial charge in [-0.1, -0.05) is 43.9 Å². The maximum atomic E-state index is 15.1. The fourth-order valence-corrected chi connectivity index (χ4v) is 6.33. The van der Waals surface area contributed by atoms with E-state index in [2.05, 4.69) is 10.2 Å². The molecule has 0 radical (unpaired) electrons. The molecule has 7 nitrogen and oxygen atoms in total. The first-order valence-electron chi connectivity index (χ1n) is 13.3. The first-order chi connectivity index (χ1) is 17.4. The van der Waals surface area contributed by atoms with Gasteiger partial charge in [0, 0.05) is 37.2 Å². The molecule has 2 fully saturated rings. The SMILES string of the molecule is CN(Cc1n[nH]c2c1CCCCC2)C(=O)CC1(c2ccccc2F)CC(=O)N(C2CCCCC2)C1=O. The molecular formula is C28H35FN4O3. The zero-order chi connectivity index (χ0) is 25.3. The van der Waals surface area contributed by atoms with Gasteiger partial charge in [0.05, 0.1) is 17.7 Å². The zero-order valence-electron chi connectivity index (χ0n) is 21.0. The molecule has 1 N–H and O–H groups in total. The number of halogens is 1. The molecule has 5 rings (SSSR count). The molecule has 0 spiro atoms. The maximum absolute atomic E-state index is 15.1. The number of aromatic nitrogens is 2. The van der Waals surface area contributed by atoms with Crippen LogP contribution in [0.2, 0.25) is 0 Å². The lowest BCUT2D eigenvalue weighted by atomic mass is 9.75. The number of H-pyrrole nitrogens is 1. The van der Waals surface area contributed by atoms with Crippen molar-refractivity contribution in [1.82, 2.24) is 20.0 Å². The lowest BCUT2D eigenvalue weighted by Gasteiger charge is -2.33. The molecular weight excluding hydrogens is 459 g/mol. The summed E-state index contributed by atoms with van der Waals surface area (Å²) < 4.78 is 15.1. The van der Waals surface area contributed by atoms with Crippen molar-refractivity contribution in [2.45, 2.75) is 95.1 Å². The molecule has 1 aromatic heterocycles. The van der Waals surface area contributed by atoms with E-state index in [-0.39, 0.29) is 36.3 Å². The third kappa shape index (κ3) is 4.46. The number of imide groups is 1. The first-order valence-corrected chi connectivity index (χ1v) is 13.3. The second-order valence-electron chi connectivity index (χ2n) is 10.7. The van der Waals surface area contributed by atoms with Crippen LogP contribution in [0.5, 0.6) is 0 Å². The number of benzene rings is 1. The Morgan fingerprint density at radius 2 is 1.83 bits per heavy atom. The van der Waals surface area contributed by atoms with Crippen LogP contribution in [0.1, 0.15) is 86.7 Å². The van der Waals surface area contributed by atoms with Gasteiger partial charge < -0.3 is 4.90 Å². The molecule has 1 saturated carbocycles. The van der Waals surface area contributed by atoms with Crippen LogP contribution in [0.4, 0.5) is 4.39 Å². The van der Waals surface area contributed by atoms with Gasteiger partial charge in [-0.05, 0) is 50.2 Å². The van der Waals surface area contributed by atoms with Crippen LogP contribution in [-0.4, -0.2) is 50.8 Å². The average Bonchev–Trinajstić information content (AvgIpc) is 3.24. The summed E-state index contributed by atoms with van der Waals surface area (Å²) >= 11 is 0. The van der Waals surface area contributed by atoms with Gasteiger partial charge in [0.25, 0.3) is 0 Å². The average molecular weight is 495 g/mol. The summed E-state index contributed by atoms with van der Waals surface area (Å²) in [6.45, 7) is 0.312. The summed E-state index contributed by atoms with van der Waals surface area (Å²) in [6, 6.07) is 5.90. The van der Waals surface area contributed by atoms with E-state index >= 15 is 4.39 Å². The zero-order valence-corrected chi connectivity index (χ0v) is 21.0. The molecule has 8 heteroatoms. The Bertz CT molecular complexity index is 1160.